The van der Waals surface area contributed by atoms with E-state index in [9.17, 15) is 9.90 Å². The Morgan fingerprint density at radius 1 is 1.12 bits per heavy atom. The van der Waals surface area contributed by atoms with Crippen LogP contribution in [0.25, 0.3) is 0 Å². The Bertz CT molecular complexity index is 937. The number of ether oxygens (including phenoxy) is 2. The molecule has 1 aliphatic heterocycles. The Balaban J connectivity index is 1.23. The van der Waals surface area contributed by atoms with Crippen molar-refractivity contribution in [3.8, 4) is 17.2 Å². The van der Waals surface area contributed by atoms with Gasteiger partial charge < -0.3 is 19.9 Å². The van der Waals surface area contributed by atoms with Crippen LogP contribution in [0, 0.1) is 11.3 Å². The minimum absolute atomic E-state index is 0.136. The molecule has 1 aliphatic carbocycles. The maximum Gasteiger partial charge on any atom is 0.223 e. The van der Waals surface area contributed by atoms with E-state index in [0.29, 0.717) is 25.4 Å². The molecule has 172 valence electrons. The molecule has 6 nitrogen and oxygen atoms in total. The number of nitrogens with zero attached hydrogens (tertiary/aromatic N) is 1. The number of aromatic hydroxyl groups is 1. The maximum absolute atomic E-state index is 12.7. The topological polar surface area (TPSA) is 71.0 Å². The van der Waals surface area contributed by atoms with E-state index >= 15 is 0 Å². The summed E-state index contributed by atoms with van der Waals surface area (Å²) in [6, 6.07) is 13.6. The van der Waals surface area contributed by atoms with E-state index in [4.69, 9.17) is 9.47 Å². The van der Waals surface area contributed by atoms with Crippen molar-refractivity contribution in [1.29, 1.82) is 0 Å². The van der Waals surface area contributed by atoms with Crippen molar-refractivity contribution in [2.24, 2.45) is 11.3 Å². The van der Waals surface area contributed by atoms with Crippen LogP contribution >= 0.6 is 0 Å². The number of phenolic OH excluding ortho intramolecular Hbond substituents is 1. The molecule has 4 rings (SSSR count). The molecule has 2 aliphatic rings. The van der Waals surface area contributed by atoms with Crippen LogP contribution in [0.4, 0.5) is 0 Å². The van der Waals surface area contributed by atoms with Crippen molar-refractivity contribution >= 4 is 5.91 Å². The molecule has 1 spiro atoms. The first-order valence-electron chi connectivity index (χ1n) is 11.6. The van der Waals surface area contributed by atoms with Gasteiger partial charge in [-0.25, -0.2) is 0 Å². The van der Waals surface area contributed by atoms with Gasteiger partial charge >= 0.3 is 0 Å². The number of methoxy groups -OCH3 is 1. The van der Waals surface area contributed by atoms with Gasteiger partial charge in [0.25, 0.3) is 0 Å². The fraction of sp³-hybridized carbons (Fsp3) is 0.500. The minimum Gasteiger partial charge on any atom is -0.504 e. The predicted molar refractivity (Wildman–Crippen MR) is 124 cm³/mol. The van der Waals surface area contributed by atoms with Gasteiger partial charge in [0.05, 0.1) is 13.7 Å². The zero-order valence-electron chi connectivity index (χ0n) is 19.1. The molecule has 0 aromatic heterocycles. The van der Waals surface area contributed by atoms with Crippen molar-refractivity contribution in [3.05, 3.63) is 53.6 Å². The molecule has 1 atom stereocenters. The standard InChI is InChI=1S/C26H34N2O4/c1-3-32-23-10-6-8-20(24(23)29)18-28-15-12-26(13-16-28)17-21(26)25(30)27-14-11-19-7-4-5-9-22(19)31-2/h4-10,21,29H,3,11-18H2,1-2H3,(H,27,30)/t21-/m1/s1. The van der Waals surface area contributed by atoms with Crippen molar-refractivity contribution in [2.75, 3.05) is 33.4 Å². The summed E-state index contributed by atoms with van der Waals surface area (Å²) in [5.41, 5.74) is 2.18. The number of hydrogen-bond acceptors (Lipinski definition) is 5. The molecule has 32 heavy (non-hydrogen) atoms. The molecule has 1 saturated heterocycles. The number of piperidine rings is 1. The summed E-state index contributed by atoms with van der Waals surface area (Å²) in [6.07, 6.45) is 3.83. The van der Waals surface area contributed by atoms with Crippen LogP contribution in [0.5, 0.6) is 17.2 Å². The molecule has 1 heterocycles. The molecule has 6 heteroatoms. The average Bonchev–Trinajstić information content (AvgIpc) is 3.52. The Morgan fingerprint density at radius 2 is 1.84 bits per heavy atom. The molecule has 2 N–H and O–H groups in total. The smallest absolute Gasteiger partial charge is 0.223 e. The second-order valence-electron chi connectivity index (χ2n) is 8.94. The fourth-order valence-electron chi connectivity index (χ4n) is 4.99. The third kappa shape index (κ3) is 4.85. The first kappa shape index (κ1) is 22.5. The van der Waals surface area contributed by atoms with Gasteiger partial charge in [-0.15, -0.1) is 0 Å². The number of amides is 1. The van der Waals surface area contributed by atoms with Crippen LogP contribution in [0.1, 0.15) is 37.3 Å². The molecule has 1 amide bonds. The number of rotatable bonds is 9. The van der Waals surface area contributed by atoms with Gasteiger partial charge in [-0.3, -0.25) is 9.69 Å². The average molecular weight is 439 g/mol. The van der Waals surface area contributed by atoms with Gasteiger partial charge in [0.15, 0.2) is 11.5 Å². The van der Waals surface area contributed by atoms with Crippen molar-refractivity contribution in [1.82, 2.24) is 10.2 Å². The van der Waals surface area contributed by atoms with Crippen molar-refractivity contribution in [3.63, 3.8) is 0 Å². The number of para-hydroxylation sites is 2. The van der Waals surface area contributed by atoms with E-state index in [1.54, 1.807) is 13.2 Å². The Hall–Kier alpha value is -2.73. The summed E-state index contributed by atoms with van der Waals surface area (Å²) in [4.78, 5) is 15.1. The second-order valence-corrected chi connectivity index (χ2v) is 8.94. The van der Waals surface area contributed by atoms with Gasteiger partial charge in [0, 0.05) is 24.6 Å². The highest BCUT2D eigenvalue weighted by Crippen LogP contribution is 2.59. The van der Waals surface area contributed by atoms with Crippen molar-refractivity contribution in [2.45, 2.75) is 39.2 Å². The molecule has 0 bridgehead atoms. The van der Waals surface area contributed by atoms with E-state index in [1.165, 1.54) is 0 Å². The van der Waals surface area contributed by atoms with Gasteiger partial charge in [-0.2, -0.15) is 0 Å². The first-order valence-corrected chi connectivity index (χ1v) is 11.6. The SMILES string of the molecule is CCOc1cccc(CN2CCC3(CC2)C[C@@H]3C(=O)NCCc2ccccc2OC)c1O. The summed E-state index contributed by atoms with van der Waals surface area (Å²) >= 11 is 0. The second kappa shape index (κ2) is 9.82. The van der Waals surface area contributed by atoms with Gasteiger partial charge in [-0.1, -0.05) is 30.3 Å². The number of likely N-dealkylation sites (tertiary alicyclic amines) is 1. The molecule has 2 aromatic carbocycles. The first-order chi connectivity index (χ1) is 15.6. The summed E-state index contributed by atoms with van der Waals surface area (Å²) in [5, 5.41) is 13.6. The van der Waals surface area contributed by atoms with E-state index < -0.39 is 0 Å². The highest BCUT2D eigenvalue weighted by Gasteiger charge is 2.58. The summed E-state index contributed by atoms with van der Waals surface area (Å²) < 4.78 is 10.9. The van der Waals surface area contributed by atoms with Crippen molar-refractivity contribution < 1.29 is 19.4 Å². The lowest BCUT2D eigenvalue weighted by molar-refractivity contribution is -0.123. The summed E-state index contributed by atoms with van der Waals surface area (Å²) in [5.74, 6) is 1.99. The van der Waals surface area contributed by atoms with Crippen LogP contribution in [0.3, 0.4) is 0 Å². The van der Waals surface area contributed by atoms with E-state index in [-0.39, 0.29) is 23.0 Å². The van der Waals surface area contributed by atoms with E-state index in [0.717, 1.165) is 55.6 Å². The lowest BCUT2D eigenvalue weighted by atomic mass is 9.90. The fourth-order valence-corrected chi connectivity index (χ4v) is 4.99. The molecule has 0 radical (unpaired) electrons. The van der Waals surface area contributed by atoms with E-state index in [1.807, 2.05) is 43.3 Å². The summed E-state index contributed by atoms with van der Waals surface area (Å²) in [7, 11) is 1.68. The quantitative estimate of drug-likeness (QED) is 0.624. The van der Waals surface area contributed by atoms with Gasteiger partial charge in [0.1, 0.15) is 5.75 Å². The molecule has 2 aromatic rings. The highest BCUT2D eigenvalue weighted by atomic mass is 16.5. The van der Waals surface area contributed by atoms with Gasteiger partial charge in [0.2, 0.25) is 5.91 Å². The highest BCUT2D eigenvalue weighted by molar-refractivity contribution is 5.82. The minimum atomic E-state index is 0.136. The maximum atomic E-state index is 12.7. The largest absolute Gasteiger partial charge is 0.504 e. The number of phenols is 1. The monoisotopic (exact) mass is 438 g/mol. The number of nitrogens with one attached hydrogen (secondary N) is 1. The van der Waals surface area contributed by atoms with Crippen LogP contribution in [-0.4, -0.2) is 49.3 Å². The normalized spacial score (nSPS) is 19.5. The third-order valence-electron chi connectivity index (χ3n) is 7.02. The number of carbonyl (C=O) groups is 1. The van der Waals surface area contributed by atoms with Gasteiger partial charge in [-0.05, 0) is 68.8 Å². The van der Waals surface area contributed by atoms with Crippen LogP contribution in [-0.2, 0) is 17.8 Å². The lowest BCUT2D eigenvalue weighted by Crippen LogP contribution is -2.37. The molecule has 0 unspecified atom stereocenters. The lowest BCUT2D eigenvalue weighted by Gasteiger charge is -2.33. The third-order valence-corrected chi connectivity index (χ3v) is 7.02. The molecule has 1 saturated carbocycles. The number of hydrogen-bond donors (Lipinski definition) is 2. The zero-order chi connectivity index (χ0) is 22.6. The number of benzene rings is 2. The zero-order valence-corrected chi connectivity index (χ0v) is 19.1. The Kier molecular flexibility index (Phi) is 6.89. The molecular weight excluding hydrogens is 404 g/mol. The Morgan fingerprint density at radius 3 is 2.59 bits per heavy atom. The van der Waals surface area contributed by atoms with Crippen LogP contribution in [0.15, 0.2) is 42.5 Å². The van der Waals surface area contributed by atoms with Crippen LogP contribution < -0.4 is 14.8 Å². The predicted octanol–water partition coefficient (Wildman–Crippen LogP) is 3.76. The van der Waals surface area contributed by atoms with E-state index in [2.05, 4.69) is 10.2 Å². The number of carbonyl (C=O) groups excluding carboxylic acids is 1. The van der Waals surface area contributed by atoms with Crippen LogP contribution in [0.2, 0.25) is 0 Å². The molecule has 2 fully saturated rings. The summed E-state index contributed by atoms with van der Waals surface area (Å²) in [6.45, 7) is 5.68. The molecular formula is C26H34N2O4. The Labute approximate surface area is 190 Å².